The van der Waals surface area contributed by atoms with Gasteiger partial charge in [-0.3, -0.25) is 0 Å². The summed E-state index contributed by atoms with van der Waals surface area (Å²) < 4.78 is 1.18. The molecule has 2 nitrogen and oxygen atoms in total. The summed E-state index contributed by atoms with van der Waals surface area (Å²) in [6.07, 6.45) is 1.16. The lowest BCUT2D eigenvalue weighted by atomic mass is 10.1. The lowest BCUT2D eigenvalue weighted by molar-refractivity contribution is 0.661. The third-order valence-electron chi connectivity index (χ3n) is 2.94. The molecule has 0 saturated carbocycles. The highest BCUT2D eigenvalue weighted by molar-refractivity contribution is 9.10. The molecular formula is C12H17BrN2. The van der Waals surface area contributed by atoms with Crippen molar-refractivity contribution in [2.24, 2.45) is 0 Å². The number of anilines is 2. The van der Waals surface area contributed by atoms with Crippen LogP contribution >= 0.6 is 15.9 Å². The first-order valence-electron chi connectivity index (χ1n) is 5.39. The summed E-state index contributed by atoms with van der Waals surface area (Å²) in [5.74, 6) is 0. The molecule has 1 aliphatic heterocycles. The van der Waals surface area contributed by atoms with Crippen LogP contribution in [-0.2, 0) is 0 Å². The lowest BCUT2D eigenvalue weighted by Gasteiger charge is -2.35. The van der Waals surface area contributed by atoms with E-state index in [1.54, 1.807) is 0 Å². The summed E-state index contributed by atoms with van der Waals surface area (Å²) in [5, 5.41) is 3.59. The van der Waals surface area contributed by atoms with Gasteiger partial charge in [0, 0.05) is 24.1 Å². The Morgan fingerprint density at radius 2 is 2.27 bits per heavy atom. The smallest absolute Gasteiger partial charge is 0.0744 e. The van der Waals surface area contributed by atoms with Crippen LogP contribution in [0.1, 0.15) is 18.9 Å². The predicted octanol–water partition coefficient (Wildman–Crippen LogP) is 3.40. The fourth-order valence-electron chi connectivity index (χ4n) is 2.15. The number of likely N-dealkylation sites (N-methyl/N-ethyl adjacent to an activating group) is 1. The van der Waals surface area contributed by atoms with Gasteiger partial charge in [-0.2, -0.15) is 0 Å². The van der Waals surface area contributed by atoms with E-state index in [9.17, 15) is 0 Å². The first-order chi connectivity index (χ1) is 7.11. The molecule has 0 bridgehead atoms. The van der Waals surface area contributed by atoms with Crippen molar-refractivity contribution >= 4 is 27.3 Å². The molecule has 0 fully saturated rings. The molecule has 1 N–H and O–H groups in total. The summed E-state index contributed by atoms with van der Waals surface area (Å²) in [5.41, 5.74) is 3.83. The van der Waals surface area contributed by atoms with Crippen molar-refractivity contribution in [3.63, 3.8) is 0 Å². The molecule has 2 rings (SSSR count). The molecule has 1 aliphatic rings. The van der Waals surface area contributed by atoms with E-state index in [2.05, 4.69) is 59.2 Å². The zero-order valence-electron chi connectivity index (χ0n) is 9.47. The van der Waals surface area contributed by atoms with Crippen molar-refractivity contribution in [1.82, 2.24) is 0 Å². The average molecular weight is 269 g/mol. The number of aryl methyl sites for hydroxylation is 1. The zero-order chi connectivity index (χ0) is 11.0. The highest BCUT2D eigenvalue weighted by atomic mass is 79.9. The molecule has 1 atom stereocenters. The van der Waals surface area contributed by atoms with Crippen molar-refractivity contribution in [2.45, 2.75) is 26.3 Å². The summed E-state index contributed by atoms with van der Waals surface area (Å²) in [6, 6.07) is 4.96. The van der Waals surface area contributed by atoms with Gasteiger partial charge >= 0.3 is 0 Å². The van der Waals surface area contributed by atoms with E-state index in [0.29, 0.717) is 6.04 Å². The highest BCUT2D eigenvalue weighted by Crippen LogP contribution is 2.38. The molecule has 0 aromatic heterocycles. The van der Waals surface area contributed by atoms with E-state index < -0.39 is 0 Å². The number of fused-ring (bicyclic) bond motifs is 1. The Bertz CT molecular complexity index is 376. The van der Waals surface area contributed by atoms with E-state index in [4.69, 9.17) is 0 Å². The molecule has 0 radical (unpaired) electrons. The third-order valence-corrected chi connectivity index (χ3v) is 3.54. The fraction of sp³-hybridized carbons (Fsp3) is 0.500. The van der Waals surface area contributed by atoms with E-state index >= 15 is 0 Å². The first-order valence-corrected chi connectivity index (χ1v) is 6.19. The Kier molecular flexibility index (Phi) is 2.91. The minimum Gasteiger partial charge on any atom is -0.379 e. The van der Waals surface area contributed by atoms with Crippen molar-refractivity contribution in [3.05, 3.63) is 22.2 Å². The predicted molar refractivity (Wildman–Crippen MR) is 69.9 cm³/mol. The Balaban J connectivity index is 2.45. The standard InChI is InChI=1S/C12H17BrN2/c1-4-9-7-15(3)12-10(13)5-8(2)6-11(12)14-9/h5-6,9,14H,4,7H2,1-3H3. The van der Waals surface area contributed by atoms with Crippen LogP contribution in [0.3, 0.4) is 0 Å². The maximum Gasteiger partial charge on any atom is 0.0744 e. The SMILES string of the molecule is CCC1CN(C)c2c(Br)cc(C)cc2N1. The van der Waals surface area contributed by atoms with Gasteiger partial charge in [-0.25, -0.2) is 0 Å². The Hall–Kier alpha value is -0.700. The Morgan fingerprint density at radius 3 is 2.93 bits per heavy atom. The minimum atomic E-state index is 0.566. The Labute approximate surface area is 99.8 Å². The number of hydrogen-bond donors (Lipinski definition) is 1. The van der Waals surface area contributed by atoms with E-state index in [0.717, 1.165) is 13.0 Å². The van der Waals surface area contributed by atoms with Gasteiger partial charge < -0.3 is 10.2 Å². The summed E-state index contributed by atoms with van der Waals surface area (Å²) in [6.45, 7) is 5.43. The van der Waals surface area contributed by atoms with Crippen LogP contribution in [0.4, 0.5) is 11.4 Å². The molecule has 1 unspecified atom stereocenters. The van der Waals surface area contributed by atoms with Gasteiger partial charge in [0.25, 0.3) is 0 Å². The molecule has 3 heteroatoms. The van der Waals surface area contributed by atoms with Gasteiger partial charge in [-0.05, 0) is 47.0 Å². The monoisotopic (exact) mass is 268 g/mol. The third kappa shape index (κ3) is 1.98. The zero-order valence-corrected chi connectivity index (χ0v) is 11.1. The largest absolute Gasteiger partial charge is 0.379 e. The number of nitrogens with zero attached hydrogens (tertiary/aromatic N) is 1. The number of rotatable bonds is 1. The molecule has 1 aromatic rings. The number of benzene rings is 1. The van der Waals surface area contributed by atoms with E-state index in [1.807, 2.05) is 0 Å². The second-order valence-electron chi connectivity index (χ2n) is 4.27. The van der Waals surface area contributed by atoms with Gasteiger partial charge in [-0.1, -0.05) is 6.92 Å². The second kappa shape index (κ2) is 4.05. The maximum atomic E-state index is 3.63. The number of halogens is 1. The van der Waals surface area contributed by atoms with Gasteiger partial charge in [0.05, 0.1) is 11.4 Å². The fourth-order valence-corrected chi connectivity index (χ4v) is 3.03. The molecule has 1 heterocycles. The van der Waals surface area contributed by atoms with E-state index in [-0.39, 0.29) is 0 Å². The quantitative estimate of drug-likeness (QED) is 0.840. The van der Waals surface area contributed by atoms with Crippen LogP contribution in [0.2, 0.25) is 0 Å². The van der Waals surface area contributed by atoms with Crippen LogP contribution in [0.5, 0.6) is 0 Å². The topological polar surface area (TPSA) is 15.3 Å². The molecule has 82 valence electrons. The van der Waals surface area contributed by atoms with Crippen molar-refractivity contribution < 1.29 is 0 Å². The van der Waals surface area contributed by atoms with Crippen LogP contribution in [0.15, 0.2) is 16.6 Å². The van der Waals surface area contributed by atoms with Crippen LogP contribution in [0, 0.1) is 6.92 Å². The van der Waals surface area contributed by atoms with Crippen LogP contribution in [-0.4, -0.2) is 19.6 Å². The molecule has 0 aliphatic carbocycles. The summed E-state index contributed by atoms with van der Waals surface area (Å²) in [4.78, 5) is 2.32. The van der Waals surface area contributed by atoms with Gasteiger partial charge in [-0.15, -0.1) is 0 Å². The van der Waals surface area contributed by atoms with Gasteiger partial charge in [0.15, 0.2) is 0 Å². The molecular weight excluding hydrogens is 252 g/mol. The van der Waals surface area contributed by atoms with Crippen molar-refractivity contribution in [2.75, 3.05) is 23.8 Å². The summed E-state index contributed by atoms with van der Waals surface area (Å²) in [7, 11) is 2.16. The van der Waals surface area contributed by atoms with Gasteiger partial charge in [0.1, 0.15) is 0 Å². The highest BCUT2D eigenvalue weighted by Gasteiger charge is 2.22. The van der Waals surface area contributed by atoms with E-state index in [1.165, 1.54) is 21.4 Å². The first kappa shape index (κ1) is 10.8. The lowest BCUT2D eigenvalue weighted by Crippen LogP contribution is -2.39. The number of nitrogens with one attached hydrogen (secondary N) is 1. The molecule has 0 saturated heterocycles. The summed E-state index contributed by atoms with van der Waals surface area (Å²) >= 11 is 3.63. The van der Waals surface area contributed by atoms with Crippen molar-refractivity contribution in [1.29, 1.82) is 0 Å². The van der Waals surface area contributed by atoms with Gasteiger partial charge in [0.2, 0.25) is 0 Å². The molecule has 0 amide bonds. The average Bonchev–Trinajstić information content (AvgIpc) is 2.15. The second-order valence-corrected chi connectivity index (χ2v) is 5.13. The number of hydrogen-bond acceptors (Lipinski definition) is 2. The molecule has 0 spiro atoms. The van der Waals surface area contributed by atoms with Crippen LogP contribution < -0.4 is 10.2 Å². The maximum absolute atomic E-state index is 3.63. The molecule has 15 heavy (non-hydrogen) atoms. The normalized spacial score (nSPS) is 19.7. The Morgan fingerprint density at radius 1 is 1.53 bits per heavy atom. The van der Waals surface area contributed by atoms with Crippen molar-refractivity contribution in [3.8, 4) is 0 Å². The van der Waals surface area contributed by atoms with Crippen LogP contribution in [0.25, 0.3) is 0 Å². The molecule has 1 aromatic carbocycles. The minimum absolute atomic E-state index is 0.566.